The molecule has 3 aromatic carbocycles. The summed E-state index contributed by atoms with van der Waals surface area (Å²) in [5.41, 5.74) is 2.95. The van der Waals surface area contributed by atoms with Gasteiger partial charge in [0.05, 0.1) is 10.6 Å². The van der Waals surface area contributed by atoms with Gasteiger partial charge in [0, 0.05) is 18.1 Å². The molecule has 0 spiro atoms. The van der Waals surface area contributed by atoms with Gasteiger partial charge in [-0.05, 0) is 73.7 Å². The van der Waals surface area contributed by atoms with Gasteiger partial charge in [-0.15, -0.1) is 0 Å². The lowest BCUT2D eigenvalue weighted by Gasteiger charge is -2.34. The molecule has 0 heterocycles. The first-order chi connectivity index (χ1) is 19.1. The van der Waals surface area contributed by atoms with E-state index in [0.29, 0.717) is 29.2 Å². The highest BCUT2D eigenvalue weighted by atomic mass is 35.5. The van der Waals surface area contributed by atoms with Crippen molar-refractivity contribution in [2.75, 3.05) is 17.4 Å². The molecule has 1 N–H and O–H groups in total. The molecule has 0 saturated carbocycles. The van der Waals surface area contributed by atoms with E-state index in [1.807, 2.05) is 51.1 Å². The smallest absolute Gasteiger partial charge is 0.264 e. The molecule has 3 aromatic rings. The Labute approximate surface area is 243 Å². The molecule has 0 aromatic heterocycles. The molecule has 0 saturated heterocycles. The van der Waals surface area contributed by atoms with Gasteiger partial charge in [0.25, 0.3) is 10.0 Å². The van der Waals surface area contributed by atoms with Crippen LogP contribution in [0.3, 0.4) is 0 Å². The van der Waals surface area contributed by atoms with Crippen molar-refractivity contribution in [1.82, 2.24) is 10.2 Å². The third-order valence-electron chi connectivity index (χ3n) is 6.88. The number of anilines is 1. The number of unbranched alkanes of at least 4 members (excludes halogenated alkanes) is 1. The average Bonchev–Trinajstić information content (AvgIpc) is 2.93. The number of amides is 2. The summed E-state index contributed by atoms with van der Waals surface area (Å²) in [6.45, 7) is 7.85. The lowest BCUT2D eigenvalue weighted by molar-refractivity contribution is -0.140. The summed E-state index contributed by atoms with van der Waals surface area (Å²) < 4.78 is 29.0. The van der Waals surface area contributed by atoms with Crippen molar-refractivity contribution in [3.63, 3.8) is 0 Å². The van der Waals surface area contributed by atoms with Crippen LogP contribution >= 0.6 is 11.6 Å². The standard InChI is InChI=1S/C31H38ClN3O4S/c1-5-7-20-33-31(37)28(6-2)34(21-25-14-10-8-12-23(25)3)30(36)22-35(29-15-11-9-13-24(29)4)40(38,39)27-18-16-26(32)17-19-27/h8-19,28H,5-7,20-22H2,1-4H3,(H,33,37)/t28-/m1/s1. The van der Waals surface area contributed by atoms with Crippen LogP contribution in [0.5, 0.6) is 0 Å². The summed E-state index contributed by atoms with van der Waals surface area (Å²) >= 11 is 6.02. The number of carbonyl (C=O) groups is 2. The first-order valence-corrected chi connectivity index (χ1v) is 15.4. The summed E-state index contributed by atoms with van der Waals surface area (Å²) in [7, 11) is -4.15. The van der Waals surface area contributed by atoms with Crippen LogP contribution in [-0.2, 0) is 26.2 Å². The molecule has 214 valence electrons. The summed E-state index contributed by atoms with van der Waals surface area (Å²) in [4.78, 5) is 28.9. The van der Waals surface area contributed by atoms with Gasteiger partial charge in [-0.25, -0.2) is 8.42 Å². The normalized spacial score (nSPS) is 12.0. The van der Waals surface area contributed by atoms with Crippen LogP contribution in [0.2, 0.25) is 5.02 Å². The highest BCUT2D eigenvalue weighted by Gasteiger charge is 2.34. The minimum Gasteiger partial charge on any atom is -0.354 e. The predicted molar refractivity (Wildman–Crippen MR) is 161 cm³/mol. The second kappa shape index (κ2) is 14.3. The van der Waals surface area contributed by atoms with Gasteiger partial charge in [-0.3, -0.25) is 13.9 Å². The zero-order valence-corrected chi connectivity index (χ0v) is 25.1. The maximum atomic E-state index is 14.1. The predicted octanol–water partition coefficient (Wildman–Crippen LogP) is 5.88. The number of para-hydroxylation sites is 1. The van der Waals surface area contributed by atoms with Crippen LogP contribution in [-0.4, -0.2) is 44.3 Å². The SMILES string of the molecule is CCCCNC(=O)[C@@H](CC)N(Cc1ccccc1C)C(=O)CN(c1ccccc1C)S(=O)(=O)c1ccc(Cl)cc1. The largest absolute Gasteiger partial charge is 0.354 e. The third-order valence-corrected chi connectivity index (χ3v) is 8.91. The van der Waals surface area contributed by atoms with Crippen molar-refractivity contribution in [1.29, 1.82) is 0 Å². The zero-order valence-electron chi connectivity index (χ0n) is 23.6. The number of nitrogens with one attached hydrogen (secondary N) is 1. The summed E-state index contributed by atoms with van der Waals surface area (Å²) in [6, 6.07) is 19.8. The second-order valence-corrected chi connectivity index (χ2v) is 12.1. The topological polar surface area (TPSA) is 86.8 Å². The first-order valence-electron chi connectivity index (χ1n) is 13.6. The number of hydrogen-bond acceptors (Lipinski definition) is 4. The molecule has 7 nitrogen and oxygen atoms in total. The minimum atomic E-state index is -4.15. The highest BCUT2D eigenvalue weighted by molar-refractivity contribution is 7.92. The van der Waals surface area contributed by atoms with Crippen LogP contribution in [0.4, 0.5) is 5.69 Å². The van der Waals surface area contributed by atoms with Gasteiger partial charge in [-0.1, -0.05) is 74.3 Å². The second-order valence-electron chi connectivity index (χ2n) is 9.77. The Morgan fingerprint density at radius 3 is 2.12 bits per heavy atom. The van der Waals surface area contributed by atoms with Crippen LogP contribution in [0.25, 0.3) is 0 Å². The van der Waals surface area contributed by atoms with E-state index in [-0.39, 0.29) is 17.3 Å². The van der Waals surface area contributed by atoms with Gasteiger partial charge >= 0.3 is 0 Å². The third kappa shape index (κ3) is 7.64. The van der Waals surface area contributed by atoms with E-state index in [0.717, 1.165) is 28.3 Å². The van der Waals surface area contributed by atoms with E-state index in [2.05, 4.69) is 5.32 Å². The van der Waals surface area contributed by atoms with Crippen LogP contribution < -0.4 is 9.62 Å². The van der Waals surface area contributed by atoms with Crippen molar-refractivity contribution in [2.24, 2.45) is 0 Å². The van der Waals surface area contributed by atoms with E-state index in [9.17, 15) is 18.0 Å². The molecule has 0 fully saturated rings. The molecule has 0 aliphatic rings. The maximum Gasteiger partial charge on any atom is 0.264 e. The number of sulfonamides is 1. The molecule has 2 amide bonds. The maximum absolute atomic E-state index is 14.1. The van der Waals surface area contributed by atoms with Crippen LogP contribution in [0.15, 0.2) is 77.7 Å². The summed E-state index contributed by atoms with van der Waals surface area (Å²) in [5, 5.41) is 3.35. The summed E-state index contributed by atoms with van der Waals surface area (Å²) in [5.74, 6) is -0.720. The Morgan fingerprint density at radius 1 is 0.900 bits per heavy atom. The van der Waals surface area contributed by atoms with Crippen LogP contribution in [0.1, 0.15) is 49.8 Å². The monoisotopic (exact) mass is 583 g/mol. The fraction of sp³-hybridized carbons (Fsp3) is 0.355. The Balaban J connectivity index is 2.06. The Hall–Kier alpha value is -3.36. The van der Waals surface area contributed by atoms with Gasteiger partial charge in [0.15, 0.2) is 0 Å². The number of halogens is 1. The molecule has 0 aliphatic carbocycles. The van der Waals surface area contributed by atoms with E-state index >= 15 is 0 Å². The Bertz CT molecular complexity index is 1410. The van der Waals surface area contributed by atoms with Gasteiger partial charge in [-0.2, -0.15) is 0 Å². The number of benzene rings is 3. The van der Waals surface area contributed by atoms with Gasteiger partial charge in [0.1, 0.15) is 12.6 Å². The average molecular weight is 584 g/mol. The molecule has 40 heavy (non-hydrogen) atoms. The number of rotatable bonds is 13. The number of nitrogens with zero attached hydrogens (tertiary/aromatic N) is 2. The molecule has 0 bridgehead atoms. The van der Waals surface area contributed by atoms with Crippen molar-refractivity contribution in [3.05, 3.63) is 94.5 Å². The molecule has 0 unspecified atom stereocenters. The van der Waals surface area contributed by atoms with E-state index in [4.69, 9.17) is 11.6 Å². The Morgan fingerprint density at radius 2 is 1.52 bits per heavy atom. The highest BCUT2D eigenvalue weighted by Crippen LogP contribution is 2.28. The zero-order chi connectivity index (χ0) is 29.3. The van der Waals surface area contributed by atoms with Crippen molar-refractivity contribution in [3.8, 4) is 0 Å². The fourth-order valence-electron chi connectivity index (χ4n) is 4.49. The lowest BCUT2D eigenvalue weighted by atomic mass is 10.1. The molecule has 3 rings (SSSR count). The summed E-state index contributed by atoms with van der Waals surface area (Å²) in [6.07, 6.45) is 2.13. The quantitative estimate of drug-likeness (QED) is 0.255. The number of carbonyl (C=O) groups excluding carboxylic acids is 2. The van der Waals surface area contributed by atoms with E-state index in [1.54, 1.807) is 25.1 Å². The lowest BCUT2D eigenvalue weighted by Crippen LogP contribution is -2.52. The molecule has 0 aliphatic heterocycles. The molecular formula is C31H38ClN3O4S. The van der Waals surface area contributed by atoms with Crippen molar-refractivity contribution in [2.45, 2.75) is 64.4 Å². The van der Waals surface area contributed by atoms with Crippen LogP contribution in [0, 0.1) is 13.8 Å². The molecule has 9 heteroatoms. The minimum absolute atomic E-state index is 0.0164. The van der Waals surface area contributed by atoms with E-state index < -0.39 is 28.5 Å². The number of hydrogen-bond donors (Lipinski definition) is 1. The molecular weight excluding hydrogens is 546 g/mol. The van der Waals surface area contributed by atoms with Crippen molar-refractivity contribution < 1.29 is 18.0 Å². The van der Waals surface area contributed by atoms with E-state index in [1.165, 1.54) is 29.2 Å². The first kappa shape index (κ1) is 31.2. The van der Waals surface area contributed by atoms with Gasteiger partial charge < -0.3 is 10.2 Å². The molecule has 1 atom stereocenters. The Kier molecular flexibility index (Phi) is 11.2. The molecule has 0 radical (unpaired) electrons. The van der Waals surface area contributed by atoms with Gasteiger partial charge in [0.2, 0.25) is 11.8 Å². The fourth-order valence-corrected chi connectivity index (χ4v) is 6.09. The number of aryl methyl sites for hydroxylation is 2. The van der Waals surface area contributed by atoms with Crippen molar-refractivity contribution >= 4 is 39.1 Å².